The Bertz CT molecular complexity index is 1100. The summed E-state index contributed by atoms with van der Waals surface area (Å²) in [5, 5.41) is 9.66. The lowest BCUT2D eigenvalue weighted by Gasteiger charge is -2.15. The summed E-state index contributed by atoms with van der Waals surface area (Å²) in [6, 6.07) is 5.45. The molecule has 1 aromatic carbocycles. The summed E-state index contributed by atoms with van der Waals surface area (Å²) in [5.41, 5.74) is 1.98. The summed E-state index contributed by atoms with van der Waals surface area (Å²) in [5.74, 6) is 0.400. The molecule has 0 aliphatic carbocycles. The number of rotatable bonds is 6. The SMILES string of the molecule is Cc1nn(C)c(C)c1OC(=O)N(C)Cc1nsc(NC(=O)NCc2cccc(F)c2)n1. The average Bonchev–Trinajstić information content (AvgIpc) is 3.25. The fourth-order valence-electron chi connectivity index (χ4n) is 2.68. The molecular weight excluding hydrogens is 425 g/mol. The minimum Gasteiger partial charge on any atom is -0.406 e. The van der Waals surface area contributed by atoms with Crippen molar-refractivity contribution in [2.45, 2.75) is 26.9 Å². The number of aryl methyl sites for hydroxylation is 2. The standard InChI is InChI=1S/C19H22FN7O3S/c1-11-16(12(2)27(4)24-11)30-19(29)26(3)10-15-22-18(31-25-15)23-17(28)21-9-13-6-5-7-14(20)8-13/h5-8H,9-10H2,1-4H3,(H2,21,22,23,25,28). The molecule has 0 aliphatic rings. The molecule has 2 aromatic heterocycles. The Balaban J connectivity index is 1.50. The van der Waals surface area contributed by atoms with Crippen LogP contribution in [0.15, 0.2) is 24.3 Å². The van der Waals surface area contributed by atoms with Crippen LogP contribution < -0.4 is 15.4 Å². The second-order valence-electron chi connectivity index (χ2n) is 6.80. The molecule has 2 N–H and O–H groups in total. The van der Waals surface area contributed by atoms with Crippen molar-refractivity contribution < 1.29 is 18.7 Å². The Morgan fingerprint density at radius 3 is 2.77 bits per heavy atom. The number of anilines is 1. The molecule has 0 atom stereocenters. The van der Waals surface area contributed by atoms with E-state index < -0.39 is 12.1 Å². The van der Waals surface area contributed by atoms with Crippen molar-refractivity contribution in [1.29, 1.82) is 0 Å². The van der Waals surface area contributed by atoms with Gasteiger partial charge in [0.05, 0.1) is 12.2 Å². The van der Waals surface area contributed by atoms with E-state index >= 15 is 0 Å². The smallest absolute Gasteiger partial charge is 0.406 e. The molecule has 0 fully saturated rings. The zero-order valence-electron chi connectivity index (χ0n) is 17.5. The van der Waals surface area contributed by atoms with Crippen LogP contribution in [0.3, 0.4) is 0 Å². The van der Waals surface area contributed by atoms with Gasteiger partial charge in [-0.15, -0.1) is 0 Å². The summed E-state index contributed by atoms with van der Waals surface area (Å²) < 4.78 is 24.4. The summed E-state index contributed by atoms with van der Waals surface area (Å²) in [6.45, 7) is 3.83. The van der Waals surface area contributed by atoms with Crippen molar-refractivity contribution in [2.24, 2.45) is 7.05 Å². The van der Waals surface area contributed by atoms with Crippen LogP contribution in [0.5, 0.6) is 5.75 Å². The van der Waals surface area contributed by atoms with Gasteiger partial charge in [0.2, 0.25) is 5.13 Å². The number of amides is 3. The van der Waals surface area contributed by atoms with Gasteiger partial charge in [-0.05, 0) is 31.5 Å². The van der Waals surface area contributed by atoms with Gasteiger partial charge in [0.25, 0.3) is 0 Å². The van der Waals surface area contributed by atoms with Gasteiger partial charge in [-0.1, -0.05) is 12.1 Å². The van der Waals surface area contributed by atoms with Crippen molar-refractivity contribution in [3.8, 4) is 5.75 Å². The molecule has 0 saturated heterocycles. The second-order valence-corrected chi connectivity index (χ2v) is 7.55. The molecule has 0 bridgehead atoms. The van der Waals surface area contributed by atoms with Gasteiger partial charge in [-0.3, -0.25) is 10.00 Å². The van der Waals surface area contributed by atoms with Gasteiger partial charge >= 0.3 is 12.1 Å². The van der Waals surface area contributed by atoms with Crippen LogP contribution in [-0.2, 0) is 20.1 Å². The van der Waals surface area contributed by atoms with Gasteiger partial charge in [0.15, 0.2) is 11.6 Å². The number of urea groups is 1. The number of hydrogen-bond acceptors (Lipinski definition) is 7. The highest BCUT2D eigenvalue weighted by atomic mass is 32.1. The van der Waals surface area contributed by atoms with Crippen molar-refractivity contribution in [3.63, 3.8) is 0 Å². The first-order valence-corrected chi connectivity index (χ1v) is 10.0. The minimum atomic E-state index is -0.573. The van der Waals surface area contributed by atoms with Crippen molar-refractivity contribution >= 4 is 28.8 Å². The zero-order chi connectivity index (χ0) is 22.5. The van der Waals surface area contributed by atoms with Crippen LogP contribution in [0.2, 0.25) is 0 Å². The molecule has 0 unspecified atom stereocenters. The molecule has 2 heterocycles. The first-order chi connectivity index (χ1) is 14.7. The monoisotopic (exact) mass is 447 g/mol. The quantitative estimate of drug-likeness (QED) is 0.600. The van der Waals surface area contributed by atoms with Crippen LogP contribution in [-0.4, -0.2) is 43.2 Å². The van der Waals surface area contributed by atoms with Crippen molar-refractivity contribution in [3.05, 3.63) is 52.9 Å². The third kappa shape index (κ3) is 5.75. The molecule has 164 valence electrons. The average molecular weight is 447 g/mol. The molecule has 31 heavy (non-hydrogen) atoms. The molecule has 0 spiro atoms. The molecular formula is C19H22FN7O3S. The van der Waals surface area contributed by atoms with E-state index in [2.05, 4.69) is 25.1 Å². The maximum atomic E-state index is 13.2. The number of carbonyl (C=O) groups is 2. The Morgan fingerprint density at radius 1 is 1.32 bits per heavy atom. The minimum absolute atomic E-state index is 0.0975. The van der Waals surface area contributed by atoms with Crippen LogP contribution in [0, 0.1) is 19.7 Å². The highest BCUT2D eigenvalue weighted by molar-refractivity contribution is 7.09. The molecule has 12 heteroatoms. The topological polar surface area (TPSA) is 114 Å². The predicted molar refractivity (Wildman–Crippen MR) is 112 cm³/mol. The maximum Gasteiger partial charge on any atom is 0.415 e. The van der Waals surface area contributed by atoms with Crippen molar-refractivity contribution in [1.82, 2.24) is 29.4 Å². The van der Waals surface area contributed by atoms with Gasteiger partial charge in [-0.2, -0.15) is 9.47 Å². The lowest BCUT2D eigenvalue weighted by atomic mass is 10.2. The Labute approximate surface area is 182 Å². The normalized spacial score (nSPS) is 10.6. The number of nitrogens with one attached hydrogen (secondary N) is 2. The fourth-order valence-corrected chi connectivity index (χ4v) is 3.26. The molecule has 3 amide bonds. The number of benzene rings is 1. The number of hydrogen-bond donors (Lipinski definition) is 2. The van der Waals surface area contributed by atoms with E-state index in [-0.39, 0.29) is 24.0 Å². The summed E-state index contributed by atoms with van der Waals surface area (Å²) in [4.78, 5) is 29.9. The van der Waals surface area contributed by atoms with E-state index in [0.717, 1.165) is 17.2 Å². The summed E-state index contributed by atoms with van der Waals surface area (Å²) >= 11 is 0.983. The highest BCUT2D eigenvalue weighted by Gasteiger charge is 2.19. The maximum absolute atomic E-state index is 13.2. The largest absolute Gasteiger partial charge is 0.415 e. The Hall–Kier alpha value is -3.54. The summed E-state index contributed by atoms with van der Waals surface area (Å²) in [6.07, 6.45) is -0.573. The molecule has 0 saturated carbocycles. The van der Waals surface area contributed by atoms with Gasteiger partial charge < -0.3 is 15.0 Å². The van der Waals surface area contributed by atoms with E-state index in [0.29, 0.717) is 22.8 Å². The third-order valence-corrected chi connectivity index (χ3v) is 5.02. The van der Waals surface area contributed by atoms with Crippen LogP contribution in [0.1, 0.15) is 22.8 Å². The number of aromatic nitrogens is 4. The number of ether oxygens (including phenoxy) is 1. The van der Waals surface area contributed by atoms with E-state index in [1.165, 1.54) is 17.0 Å². The van der Waals surface area contributed by atoms with Crippen LogP contribution in [0.25, 0.3) is 0 Å². The lowest BCUT2D eigenvalue weighted by molar-refractivity contribution is 0.159. The zero-order valence-corrected chi connectivity index (χ0v) is 18.3. The first kappa shape index (κ1) is 22.2. The van der Waals surface area contributed by atoms with Gasteiger partial charge in [0, 0.05) is 32.2 Å². The van der Waals surface area contributed by atoms with E-state index in [1.54, 1.807) is 37.8 Å². The first-order valence-electron chi connectivity index (χ1n) is 9.28. The van der Waals surface area contributed by atoms with E-state index in [9.17, 15) is 14.0 Å². The molecule has 3 rings (SSSR count). The highest BCUT2D eigenvalue weighted by Crippen LogP contribution is 2.22. The van der Waals surface area contributed by atoms with Gasteiger partial charge in [-0.25, -0.2) is 19.0 Å². The van der Waals surface area contributed by atoms with Crippen molar-refractivity contribution in [2.75, 3.05) is 12.4 Å². The van der Waals surface area contributed by atoms with Crippen LogP contribution >= 0.6 is 11.5 Å². The van der Waals surface area contributed by atoms with E-state index in [4.69, 9.17) is 4.74 Å². The van der Waals surface area contributed by atoms with E-state index in [1.807, 2.05) is 6.92 Å². The number of nitrogens with zero attached hydrogens (tertiary/aromatic N) is 5. The molecule has 0 radical (unpaired) electrons. The number of halogens is 1. The Morgan fingerprint density at radius 2 is 2.10 bits per heavy atom. The molecule has 10 nitrogen and oxygen atoms in total. The second kappa shape index (κ2) is 9.51. The third-order valence-electron chi connectivity index (χ3n) is 4.35. The van der Waals surface area contributed by atoms with Crippen LogP contribution in [0.4, 0.5) is 19.1 Å². The molecule has 3 aromatic rings. The Kier molecular flexibility index (Phi) is 6.80. The predicted octanol–water partition coefficient (Wildman–Crippen LogP) is 2.98. The number of carbonyl (C=O) groups excluding carboxylic acids is 2. The lowest BCUT2D eigenvalue weighted by Crippen LogP contribution is -2.30. The van der Waals surface area contributed by atoms with Gasteiger partial charge in [0.1, 0.15) is 11.5 Å². The fraction of sp³-hybridized carbons (Fsp3) is 0.316. The molecule has 0 aliphatic heterocycles. The summed E-state index contributed by atoms with van der Waals surface area (Å²) in [7, 11) is 3.33.